The van der Waals surface area contributed by atoms with E-state index >= 15 is 0 Å². The average Bonchev–Trinajstić information content (AvgIpc) is 3.26. The fourth-order valence-corrected chi connectivity index (χ4v) is 6.36. The molecule has 1 aromatic heterocycles. The van der Waals surface area contributed by atoms with Crippen LogP contribution in [-0.4, -0.2) is 14.5 Å². The normalized spacial score (nSPS) is 10.1. The Kier molecular flexibility index (Phi) is 6.84. The molecule has 0 saturated carbocycles. The molecule has 166 valence electrons. The van der Waals surface area contributed by atoms with Crippen LogP contribution in [0.15, 0.2) is 109 Å². The first kappa shape index (κ1) is 22.8. The summed E-state index contributed by atoms with van der Waals surface area (Å²) in [6.07, 6.45) is 0. The molecule has 0 unspecified atom stereocenters. The van der Waals surface area contributed by atoms with Gasteiger partial charge in [-0.1, -0.05) is 0 Å². The van der Waals surface area contributed by atoms with Gasteiger partial charge in [0.15, 0.2) is 0 Å². The molecule has 0 aliphatic heterocycles. The second-order valence-electron chi connectivity index (χ2n) is 8.47. The van der Waals surface area contributed by atoms with Gasteiger partial charge in [-0.25, -0.2) is 0 Å². The van der Waals surface area contributed by atoms with Gasteiger partial charge in [0.2, 0.25) is 0 Å². The molecule has 0 bridgehead atoms. The SMILES string of the molecule is Cc1ccc(-c2[se]c(-c3ccc(C)cc3)c(C#Cc3ccccc3)c2C#Cc2ccccc2)cc1. The van der Waals surface area contributed by atoms with Crippen molar-refractivity contribution in [3.63, 3.8) is 0 Å². The number of benzene rings is 4. The van der Waals surface area contributed by atoms with Crippen LogP contribution in [0.5, 0.6) is 0 Å². The van der Waals surface area contributed by atoms with Crippen molar-refractivity contribution in [1.29, 1.82) is 0 Å². The molecular formula is C34H24Se. The van der Waals surface area contributed by atoms with Gasteiger partial charge >= 0.3 is 215 Å². The van der Waals surface area contributed by atoms with Crippen LogP contribution in [0, 0.1) is 37.5 Å². The van der Waals surface area contributed by atoms with Crippen LogP contribution in [0.2, 0.25) is 0 Å². The number of hydrogen-bond donors (Lipinski definition) is 0. The van der Waals surface area contributed by atoms with Gasteiger partial charge < -0.3 is 0 Å². The van der Waals surface area contributed by atoms with E-state index in [9.17, 15) is 0 Å². The zero-order valence-corrected chi connectivity index (χ0v) is 21.5. The maximum atomic E-state index is 3.54. The van der Waals surface area contributed by atoms with Crippen LogP contribution in [0.4, 0.5) is 0 Å². The van der Waals surface area contributed by atoms with Crippen molar-refractivity contribution in [1.82, 2.24) is 0 Å². The van der Waals surface area contributed by atoms with Crippen LogP contribution in [0.3, 0.4) is 0 Å². The Morgan fingerprint density at radius 2 is 0.800 bits per heavy atom. The molecule has 0 nitrogen and oxygen atoms in total. The summed E-state index contributed by atoms with van der Waals surface area (Å²) in [5, 5.41) is 0. The summed E-state index contributed by atoms with van der Waals surface area (Å²) in [4.78, 5) is 0. The van der Waals surface area contributed by atoms with Gasteiger partial charge in [-0.05, 0) is 0 Å². The molecule has 0 radical (unpaired) electrons. The Hall–Kier alpha value is -4.00. The molecule has 35 heavy (non-hydrogen) atoms. The van der Waals surface area contributed by atoms with Crippen molar-refractivity contribution in [2.24, 2.45) is 0 Å². The van der Waals surface area contributed by atoms with Gasteiger partial charge in [-0.3, -0.25) is 0 Å². The summed E-state index contributed by atoms with van der Waals surface area (Å²) in [7, 11) is 0. The van der Waals surface area contributed by atoms with Gasteiger partial charge in [0, 0.05) is 0 Å². The molecule has 5 aromatic rings. The maximum absolute atomic E-state index is 3.54. The van der Waals surface area contributed by atoms with E-state index in [1.807, 2.05) is 36.4 Å². The second kappa shape index (κ2) is 10.5. The van der Waals surface area contributed by atoms with Gasteiger partial charge in [-0.15, -0.1) is 0 Å². The van der Waals surface area contributed by atoms with Crippen molar-refractivity contribution in [2.45, 2.75) is 13.8 Å². The van der Waals surface area contributed by atoms with E-state index in [1.54, 1.807) is 0 Å². The molecule has 1 heteroatoms. The Morgan fingerprint density at radius 3 is 1.17 bits per heavy atom. The second-order valence-corrected chi connectivity index (χ2v) is 10.6. The topological polar surface area (TPSA) is 0 Å². The van der Waals surface area contributed by atoms with Crippen molar-refractivity contribution in [3.05, 3.63) is 143 Å². The standard InChI is InChI=1S/C34H24Se/c1-25-13-19-29(20-14-25)33-31(23-17-27-9-5-3-6-10-27)32(24-18-28-11-7-4-8-12-28)34(35-33)30-21-15-26(2)16-22-30/h3-16,19-22H,1-2H3. The van der Waals surface area contributed by atoms with Gasteiger partial charge in [0.1, 0.15) is 0 Å². The van der Waals surface area contributed by atoms with Gasteiger partial charge in [0.25, 0.3) is 0 Å². The van der Waals surface area contributed by atoms with Crippen molar-refractivity contribution < 1.29 is 0 Å². The summed E-state index contributed by atoms with van der Waals surface area (Å²) in [6.45, 7) is 4.25. The average molecular weight is 512 g/mol. The van der Waals surface area contributed by atoms with E-state index in [0.717, 1.165) is 22.3 Å². The summed E-state index contributed by atoms with van der Waals surface area (Å²) < 4.78 is 2.60. The molecular weight excluding hydrogens is 487 g/mol. The van der Waals surface area contributed by atoms with E-state index in [0.29, 0.717) is 0 Å². The molecule has 0 spiro atoms. The van der Waals surface area contributed by atoms with Crippen LogP contribution < -0.4 is 0 Å². The van der Waals surface area contributed by atoms with E-state index < -0.39 is 0 Å². The van der Waals surface area contributed by atoms with Crippen LogP contribution in [-0.2, 0) is 0 Å². The van der Waals surface area contributed by atoms with Crippen LogP contribution in [0.1, 0.15) is 33.4 Å². The molecule has 5 rings (SSSR count). The fraction of sp³-hybridized carbons (Fsp3) is 0.0588. The first-order chi connectivity index (χ1) is 17.2. The Labute approximate surface area is 214 Å². The molecule has 0 aliphatic carbocycles. The van der Waals surface area contributed by atoms with E-state index in [-0.39, 0.29) is 14.5 Å². The number of hydrogen-bond acceptors (Lipinski definition) is 0. The number of aryl methyl sites for hydroxylation is 2. The fourth-order valence-electron chi connectivity index (χ4n) is 3.80. The first-order valence-corrected chi connectivity index (χ1v) is 13.3. The third-order valence-electron chi connectivity index (χ3n) is 5.75. The molecule has 4 aromatic carbocycles. The number of rotatable bonds is 2. The van der Waals surface area contributed by atoms with Crippen molar-refractivity contribution in [3.8, 4) is 43.7 Å². The molecule has 0 saturated heterocycles. The van der Waals surface area contributed by atoms with Crippen LogP contribution in [0.25, 0.3) is 20.0 Å². The quantitative estimate of drug-likeness (QED) is 0.170. The Balaban J connectivity index is 1.76. The van der Waals surface area contributed by atoms with Crippen LogP contribution >= 0.6 is 0 Å². The third kappa shape index (κ3) is 5.40. The van der Waals surface area contributed by atoms with E-state index in [4.69, 9.17) is 0 Å². The summed E-state index contributed by atoms with van der Waals surface area (Å²) in [5.41, 5.74) is 9.10. The van der Waals surface area contributed by atoms with Crippen molar-refractivity contribution >= 4 is 14.5 Å². The molecule has 0 atom stereocenters. The summed E-state index contributed by atoms with van der Waals surface area (Å²) in [6, 6.07) is 38.0. The summed E-state index contributed by atoms with van der Waals surface area (Å²) in [5.74, 6) is 13.9. The Morgan fingerprint density at radius 1 is 0.429 bits per heavy atom. The zero-order valence-electron chi connectivity index (χ0n) is 19.8. The monoisotopic (exact) mass is 512 g/mol. The van der Waals surface area contributed by atoms with Gasteiger partial charge in [0.05, 0.1) is 0 Å². The predicted octanol–water partition coefficient (Wildman–Crippen LogP) is 7.49. The third-order valence-corrected chi connectivity index (χ3v) is 8.45. The van der Waals surface area contributed by atoms with E-state index in [1.165, 1.54) is 31.1 Å². The molecule has 0 N–H and O–H groups in total. The minimum atomic E-state index is 0.0892. The minimum absolute atomic E-state index is 0.0892. The first-order valence-electron chi connectivity index (χ1n) is 11.6. The zero-order chi connectivity index (χ0) is 24.0. The molecule has 0 amide bonds. The van der Waals surface area contributed by atoms with E-state index in [2.05, 4.69) is 110 Å². The molecule has 0 fully saturated rings. The predicted molar refractivity (Wildman–Crippen MR) is 149 cm³/mol. The molecule has 0 aliphatic rings. The summed E-state index contributed by atoms with van der Waals surface area (Å²) >= 11 is 0.0892. The van der Waals surface area contributed by atoms with Crippen molar-refractivity contribution in [2.75, 3.05) is 0 Å². The Bertz CT molecular complexity index is 1440. The molecule has 1 heterocycles. The van der Waals surface area contributed by atoms with Gasteiger partial charge in [-0.2, -0.15) is 0 Å².